The molecule has 102 valence electrons. The van der Waals surface area contributed by atoms with Crippen LogP contribution in [0.5, 0.6) is 0 Å². The van der Waals surface area contributed by atoms with Crippen LogP contribution in [0.15, 0.2) is 64.9 Å². The molecule has 0 saturated carbocycles. The lowest BCUT2D eigenvalue weighted by molar-refractivity contribution is 0.922. The van der Waals surface area contributed by atoms with Gasteiger partial charge >= 0.3 is 0 Å². The summed E-state index contributed by atoms with van der Waals surface area (Å²) in [5.41, 5.74) is 8.45. The second-order valence-corrected chi connectivity index (χ2v) is 5.58. The number of hydrogen-bond acceptors (Lipinski definition) is 5. The molecular weight excluding hydrogens is 282 g/mol. The van der Waals surface area contributed by atoms with Crippen LogP contribution in [0.25, 0.3) is 16.6 Å². The number of anilines is 1. The third-order valence-corrected chi connectivity index (χ3v) is 4.26. The molecule has 0 radical (unpaired) electrons. The van der Waals surface area contributed by atoms with E-state index in [4.69, 9.17) is 5.73 Å². The van der Waals surface area contributed by atoms with Gasteiger partial charge in [0.1, 0.15) is 0 Å². The van der Waals surface area contributed by atoms with E-state index in [9.17, 15) is 0 Å². The molecular formula is C15H11N5S. The second-order valence-electron chi connectivity index (χ2n) is 4.57. The fourth-order valence-electron chi connectivity index (χ4n) is 2.24. The smallest absolute Gasteiger partial charge is 0.200 e. The maximum atomic E-state index is 6.01. The summed E-state index contributed by atoms with van der Waals surface area (Å²) in [5, 5.41) is 10.2. The van der Waals surface area contributed by atoms with Crippen molar-refractivity contribution >= 4 is 34.0 Å². The van der Waals surface area contributed by atoms with E-state index in [0.29, 0.717) is 0 Å². The Morgan fingerprint density at radius 1 is 1.00 bits per heavy atom. The first-order chi connectivity index (χ1) is 10.3. The summed E-state index contributed by atoms with van der Waals surface area (Å²) in [5.74, 6) is 0. The molecule has 0 saturated heterocycles. The first-order valence-electron chi connectivity index (χ1n) is 6.44. The largest absolute Gasteiger partial charge is 0.398 e. The molecule has 0 aliphatic rings. The molecule has 0 unspecified atom stereocenters. The van der Waals surface area contributed by atoms with Gasteiger partial charge < -0.3 is 5.73 Å². The summed E-state index contributed by atoms with van der Waals surface area (Å²) in [6.07, 6.45) is 3.72. The van der Waals surface area contributed by atoms with Crippen molar-refractivity contribution in [2.24, 2.45) is 0 Å². The molecule has 4 aromatic rings. The van der Waals surface area contributed by atoms with Crippen LogP contribution in [0.4, 0.5) is 5.69 Å². The van der Waals surface area contributed by atoms with Crippen molar-refractivity contribution in [3.05, 3.63) is 54.9 Å². The monoisotopic (exact) mass is 293 g/mol. The third kappa shape index (κ3) is 2.00. The van der Waals surface area contributed by atoms with Gasteiger partial charge in [-0.15, -0.1) is 10.2 Å². The number of hydrogen-bond donors (Lipinski definition) is 1. The van der Waals surface area contributed by atoms with Crippen LogP contribution in [-0.4, -0.2) is 19.6 Å². The summed E-state index contributed by atoms with van der Waals surface area (Å²) in [6, 6.07) is 13.6. The maximum Gasteiger partial charge on any atom is 0.200 e. The van der Waals surface area contributed by atoms with Crippen LogP contribution < -0.4 is 5.73 Å². The zero-order valence-electron chi connectivity index (χ0n) is 11.0. The van der Waals surface area contributed by atoms with Crippen molar-refractivity contribution < 1.29 is 0 Å². The van der Waals surface area contributed by atoms with E-state index >= 15 is 0 Å². The molecule has 0 fully saturated rings. The Balaban J connectivity index is 1.86. The van der Waals surface area contributed by atoms with Crippen LogP contribution in [0, 0.1) is 0 Å². The minimum Gasteiger partial charge on any atom is -0.398 e. The van der Waals surface area contributed by atoms with E-state index in [1.807, 2.05) is 53.1 Å². The number of nitrogens with two attached hydrogens (primary N) is 1. The van der Waals surface area contributed by atoms with Gasteiger partial charge in [-0.2, -0.15) is 0 Å². The van der Waals surface area contributed by atoms with Crippen LogP contribution in [-0.2, 0) is 0 Å². The molecule has 0 atom stereocenters. The molecule has 5 nitrogen and oxygen atoms in total. The van der Waals surface area contributed by atoms with Crippen molar-refractivity contribution in [1.29, 1.82) is 0 Å². The molecule has 1 aromatic carbocycles. The number of aromatic nitrogens is 4. The molecule has 3 aromatic heterocycles. The van der Waals surface area contributed by atoms with Gasteiger partial charge in [0.15, 0.2) is 5.65 Å². The standard InChI is InChI=1S/C15H11N5S/c16-11-6-7-12(14-10(11)4-3-8-17-14)21-15-19-18-13-5-1-2-9-20(13)15/h1-9H,16H2. The van der Waals surface area contributed by atoms with Crippen molar-refractivity contribution in [2.75, 3.05) is 5.73 Å². The number of pyridine rings is 2. The predicted molar refractivity (Wildman–Crippen MR) is 83.3 cm³/mol. The van der Waals surface area contributed by atoms with E-state index in [2.05, 4.69) is 15.2 Å². The second kappa shape index (κ2) is 4.75. The van der Waals surface area contributed by atoms with Gasteiger partial charge in [-0.05, 0) is 48.2 Å². The van der Waals surface area contributed by atoms with E-state index < -0.39 is 0 Å². The van der Waals surface area contributed by atoms with Gasteiger partial charge in [0.05, 0.1) is 5.52 Å². The van der Waals surface area contributed by atoms with Gasteiger partial charge in [0, 0.05) is 28.4 Å². The molecule has 0 bridgehead atoms. The van der Waals surface area contributed by atoms with Crippen molar-refractivity contribution in [3.63, 3.8) is 0 Å². The zero-order valence-corrected chi connectivity index (χ0v) is 11.8. The SMILES string of the molecule is Nc1ccc(Sc2nnc3ccccn23)c2ncccc12. The molecule has 0 amide bonds. The van der Waals surface area contributed by atoms with Crippen molar-refractivity contribution in [3.8, 4) is 0 Å². The fourth-order valence-corrected chi connectivity index (χ4v) is 3.17. The van der Waals surface area contributed by atoms with Crippen LogP contribution in [0.3, 0.4) is 0 Å². The highest BCUT2D eigenvalue weighted by Gasteiger charge is 2.11. The van der Waals surface area contributed by atoms with Gasteiger partial charge in [0.25, 0.3) is 0 Å². The topological polar surface area (TPSA) is 69.1 Å². The molecule has 2 N–H and O–H groups in total. The Hall–Kier alpha value is -2.60. The summed E-state index contributed by atoms with van der Waals surface area (Å²) < 4.78 is 1.95. The van der Waals surface area contributed by atoms with Gasteiger partial charge in [-0.1, -0.05) is 6.07 Å². The van der Waals surface area contributed by atoms with Crippen LogP contribution in [0.1, 0.15) is 0 Å². The third-order valence-electron chi connectivity index (χ3n) is 3.25. The van der Waals surface area contributed by atoms with Crippen molar-refractivity contribution in [2.45, 2.75) is 10.1 Å². The van der Waals surface area contributed by atoms with Gasteiger partial charge in [0.2, 0.25) is 5.16 Å². The Bertz CT molecular complexity index is 947. The molecule has 6 heteroatoms. The van der Waals surface area contributed by atoms with Gasteiger partial charge in [-0.25, -0.2) is 0 Å². The highest BCUT2D eigenvalue weighted by Crippen LogP contribution is 2.33. The van der Waals surface area contributed by atoms with E-state index in [-0.39, 0.29) is 0 Å². The Kier molecular flexibility index (Phi) is 2.75. The summed E-state index contributed by atoms with van der Waals surface area (Å²) in [6.45, 7) is 0. The zero-order chi connectivity index (χ0) is 14.2. The minimum absolute atomic E-state index is 0.730. The van der Waals surface area contributed by atoms with E-state index in [1.54, 1.807) is 6.20 Å². The lowest BCUT2D eigenvalue weighted by Gasteiger charge is -2.06. The quantitative estimate of drug-likeness (QED) is 0.575. The Morgan fingerprint density at radius 3 is 2.90 bits per heavy atom. The average molecular weight is 293 g/mol. The Labute approximate surface area is 124 Å². The minimum atomic E-state index is 0.730. The van der Waals surface area contributed by atoms with E-state index in [1.165, 1.54) is 11.8 Å². The highest BCUT2D eigenvalue weighted by molar-refractivity contribution is 7.99. The first kappa shape index (κ1) is 12.2. The summed E-state index contributed by atoms with van der Waals surface area (Å²) in [7, 11) is 0. The highest BCUT2D eigenvalue weighted by atomic mass is 32.2. The van der Waals surface area contributed by atoms with E-state index in [0.717, 1.165) is 32.3 Å². The molecule has 4 rings (SSSR count). The van der Waals surface area contributed by atoms with Crippen LogP contribution in [0.2, 0.25) is 0 Å². The maximum absolute atomic E-state index is 6.01. The number of fused-ring (bicyclic) bond motifs is 2. The average Bonchev–Trinajstić information content (AvgIpc) is 2.94. The summed E-state index contributed by atoms with van der Waals surface area (Å²) >= 11 is 1.53. The molecule has 3 heterocycles. The lowest BCUT2D eigenvalue weighted by atomic mass is 10.2. The van der Waals surface area contributed by atoms with Crippen LogP contribution >= 0.6 is 11.8 Å². The molecule has 21 heavy (non-hydrogen) atoms. The summed E-state index contributed by atoms with van der Waals surface area (Å²) in [4.78, 5) is 5.46. The molecule has 0 aliphatic carbocycles. The Morgan fingerprint density at radius 2 is 1.95 bits per heavy atom. The van der Waals surface area contributed by atoms with Crippen molar-refractivity contribution in [1.82, 2.24) is 19.6 Å². The number of nitrogens with zero attached hydrogens (tertiary/aromatic N) is 4. The normalized spacial score (nSPS) is 11.2. The predicted octanol–water partition coefficient (Wildman–Crippen LogP) is 3.01. The first-order valence-corrected chi connectivity index (χ1v) is 7.25. The fraction of sp³-hybridized carbons (Fsp3) is 0. The number of benzene rings is 1. The molecule has 0 aliphatic heterocycles. The van der Waals surface area contributed by atoms with Gasteiger partial charge in [-0.3, -0.25) is 9.38 Å². The lowest BCUT2D eigenvalue weighted by Crippen LogP contribution is -1.91. The number of rotatable bonds is 2. The molecule has 0 spiro atoms. The number of nitrogen functional groups attached to an aromatic ring is 1.